The van der Waals surface area contributed by atoms with Crippen LogP contribution in [0.5, 0.6) is 0 Å². The first-order chi connectivity index (χ1) is 15.0. The number of nitrogens with one attached hydrogen (secondary N) is 1. The molecule has 3 aromatic rings. The van der Waals surface area contributed by atoms with Crippen molar-refractivity contribution in [3.05, 3.63) is 100 Å². The fraction of sp³-hybridized carbons (Fsp3) is 0.120. The highest BCUT2D eigenvalue weighted by molar-refractivity contribution is 6.28. The monoisotopic (exact) mass is 413 g/mol. The highest BCUT2D eigenvalue weighted by Gasteiger charge is 2.29. The van der Waals surface area contributed by atoms with Gasteiger partial charge in [0.05, 0.1) is 5.56 Å². The Labute approximate surface area is 178 Å². The van der Waals surface area contributed by atoms with E-state index in [4.69, 9.17) is 4.74 Å². The van der Waals surface area contributed by atoms with Crippen LogP contribution in [0.2, 0.25) is 0 Å². The number of benzene rings is 3. The molecule has 0 spiro atoms. The van der Waals surface area contributed by atoms with Crippen molar-refractivity contribution < 1.29 is 23.9 Å². The van der Waals surface area contributed by atoms with Crippen molar-refractivity contribution in [2.75, 3.05) is 11.9 Å². The normalized spacial score (nSPS) is 12.0. The van der Waals surface area contributed by atoms with Crippen molar-refractivity contribution in [2.24, 2.45) is 0 Å². The molecule has 6 nitrogen and oxygen atoms in total. The molecule has 3 aromatic carbocycles. The topological polar surface area (TPSA) is 89.5 Å². The van der Waals surface area contributed by atoms with E-state index in [1.54, 1.807) is 42.5 Å². The lowest BCUT2D eigenvalue weighted by molar-refractivity contribution is -0.119. The van der Waals surface area contributed by atoms with Crippen molar-refractivity contribution in [3.8, 4) is 0 Å². The average Bonchev–Trinajstić information content (AvgIpc) is 2.81. The molecule has 4 rings (SSSR count). The van der Waals surface area contributed by atoms with E-state index in [0.717, 1.165) is 12.0 Å². The molecule has 31 heavy (non-hydrogen) atoms. The van der Waals surface area contributed by atoms with Crippen LogP contribution in [0.25, 0.3) is 0 Å². The van der Waals surface area contributed by atoms with Gasteiger partial charge in [0.25, 0.3) is 5.91 Å². The molecule has 0 atom stereocenters. The Morgan fingerprint density at radius 2 is 1.42 bits per heavy atom. The summed E-state index contributed by atoms with van der Waals surface area (Å²) in [6.45, 7) is 1.54. The Bertz CT molecular complexity index is 1210. The number of hydrogen-bond donors (Lipinski definition) is 1. The van der Waals surface area contributed by atoms with E-state index < -0.39 is 18.5 Å². The highest BCUT2D eigenvalue weighted by atomic mass is 16.5. The molecule has 0 aliphatic heterocycles. The van der Waals surface area contributed by atoms with Gasteiger partial charge in [0.2, 0.25) is 0 Å². The van der Waals surface area contributed by atoms with Gasteiger partial charge in [-0.3, -0.25) is 14.4 Å². The zero-order chi connectivity index (χ0) is 22.0. The second kappa shape index (κ2) is 8.36. The molecular formula is C25H19NO5. The summed E-state index contributed by atoms with van der Waals surface area (Å²) in [5.74, 6) is -1.65. The largest absolute Gasteiger partial charge is 0.452 e. The van der Waals surface area contributed by atoms with Crippen LogP contribution in [-0.2, 0) is 16.0 Å². The van der Waals surface area contributed by atoms with Gasteiger partial charge in [0, 0.05) is 27.9 Å². The van der Waals surface area contributed by atoms with Crippen molar-refractivity contribution in [1.82, 2.24) is 0 Å². The third-order valence-corrected chi connectivity index (χ3v) is 5.14. The van der Waals surface area contributed by atoms with E-state index in [1.165, 1.54) is 12.1 Å². The quantitative estimate of drug-likeness (QED) is 0.503. The molecule has 0 radical (unpaired) electrons. The van der Waals surface area contributed by atoms with Gasteiger partial charge in [-0.1, -0.05) is 43.3 Å². The fourth-order valence-electron chi connectivity index (χ4n) is 3.47. The summed E-state index contributed by atoms with van der Waals surface area (Å²) in [5, 5.41) is 2.60. The Morgan fingerprint density at radius 3 is 2.06 bits per heavy atom. The lowest BCUT2D eigenvalue weighted by Gasteiger charge is -2.18. The number of ether oxygens (including phenoxy) is 1. The third-order valence-electron chi connectivity index (χ3n) is 5.14. The summed E-state index contributed by atoms with van der Waals surface area (Å²) in [7, 11) is 0. The SMILES string of the molecule is CCc1ccc(C(=O)OCC(=O)Nc2ccc3c(c2)C(=O)c2ccccc2C3=O)cc1. The van der Waals surface area contributed by atoms with E-state index >= 15 is 0 Å². The summed E-state index contributed by atoms with van der Waals surface area (Å²) >= 11 is 0. The van der Waals surface area contributed by atoms with Crippen molar-refractivity contribution >= 4 is 29.1 Å². The predicted molar refractivity (Wildman–Crippen MR) is 114 cm³/mol. The standard InChI is InChI=1S/C25H19NO5/c1-2-15-7-9-16(10-8-15)25(30)31-14-22(27)26-17-11-12-20-21(13-17)24(29)19-6-4-3-5-18(19)23(20)28/h3-13H,2,14H2,1H3,(H,26,27). The van der Waals surface area contributed by atoms with Crippen LogP contribution in [-0.4, -0.2) is 30.0 Å². The van der Waals surface area contributed by atoms with E-state index in [1.807, 2.05) is 19.1 Å². The number of aryl methyl sites for hydroxylation is 1. The molecule has 0 bridgehead atoms. The number of rotatable bonds is 5. The van der Waals surface area contributed by atoms with E-state index in [9.17, 15) is 19.2 Å². The Balaban J connectivity index is 1.43. The molecule has 0 saturated heterocycles. The van der Waals surface area contributed by atoms with Gasteiger partial charge in [-0.05, 0) is 42.3 Å². The first-order valence-corrected chi connectivity index (χ1v) is 9.86. The summed E-state index contributed by atoms with van der Waals surface area (Å²) in [6, 6.07) is 18.1. The van der Waals surface area contributed by atoms with Crippen molar-refractivity contribution in [1.29, 1.82) is 0 Å². The molecule has 0 aromatic heterocycles. The van der Waals surface area contributed by atoms with Gasteiger partial charge in [0.15, 0.2) is 18.2 Å². The summed E-state index contributed by atoms with van der Waals surface area (Å²) in [6.07, 6.45) is 0.859. The summed E-state index contributed by atoms with van der Waals surface area (Å²) < 4.78 is 5.06. The number of carbonyl (C=O) groups excluding carboxylic acids is 4. The molecular weight excluding hydrogens is 394 g/mol. The van der Waals surface area contributed by atoms with E-state index in [-0.39, 0.29) is 17.1 Å². The zero-order valence-electron chi connectivity index (χ0n) is 16.8. The number of anilines is 1. The van der Waals surface area contributed by atoms with Crippen LogP contribution in [0, 0.1) is 0 Å². The van der Waals surface area contributed by atoms with Gasteiger partial charge < -0.3 is 10.1 Å². The van der Waals surface area contributed by atoms with Gasteiger partial charge in [-0.2, -0.15) is 0 Å². The predicted octanol–water partition coefficient (Wildman–Crippen LogP) is 3.82. The number of esters is 1. The number of amides is 1. The second-order valence-corrected chi connectivity index (χ2v) is 7.14. The first-order valence-electron chi connectivity index (χ1n) is 9.86. The molecule has 0 heterocycles. The maximum atomic E-state index is 12.8. The van der Waals surface area contributed by atoms with Gasteiger partial charge in [-0.15, -0.1) is 0 Å². The second-order valence-electron chi connectivity index (χ2n) is 7.14. The number of carbonyl (C=O) groups is 4. The fourth-order valence-corrected chi connectivity index (χ4v) is 3.47. The molecule has 1 N–H and O–H groups in total. The van der Waals surface area contributed by atoms with Crippen LogP contribution >= 0.6 is 0 Å². The van der Waals surface area contributed by atoms with E-state index in [2.05, 4.69) is 5.32 Å². The molecule has 1 amide bonds. The smallest absolute Gasteiger partial charge is 0.338 e. The van der Waals surface area contributed by atoms with Crippen molar-refractivity contribution in [2.45, 2.75) is 13.3 Å². The Hall–Kier alpha value is -4.06. The minimum atomic E-state index is -0.597. The van der Waals surface area contributed by atoms with Gasteiger partial charge >= 0.3 is 5.97 Å². The zero-order valence-corrected chi connectivity index (χ0v) is 16.8. The maximum Gasteiger partial charge on any atom is 0.338 e. The van der Waals surface area contributed by atoms with Crippen LogP contribution in [0.15, 0.2) is 66.7 Å². The number of ketones is 2. The Kier molecular flexibility index (Phi) is 5.45. The molecule has 0 saturated carbocycles. The van der Waals surface area contributed by atoms with E-state index in [0.29, 0.717) is 27.9 Å². The molecule has 0 fully saturated rings. The summed E-state index contributed by atoms with van der Waals surface area (Å²) in [5.41, 5.74) is 3.03. The number of fused-ring (bicyclic) bond motifs is 2. The molecule has 1 aliphatic carbocycles. The van der Waals surface area contributed by atoms with Crippen LogP contribution in [0.4, 0.5) is 5.69 Å². The lowest BCUT2D eigenvalue weighted by Crippen LogP contribution is -2.23. The lowest BCUT2D eigenvalue weighted by atomic mass is 9.84. The van der Waals surface area contributed by atoms with Crippen LogP contribution in [0.3, 0.4) is 0 Å². The van der Waals surface area contributed by atoms with Gasteiger partial charge in [-0.25, -0.2) is 4.79 Å². The van der Waals surface area contributed by atoms with Crippen molar-refractivity contribution in [3.63, 3.8) is 0 Å². The number of hydrogen-bond acceptors (Lipinski definition) is 5. The molecule has 154 valence electrons. The maximum absolute atomic E-state index is 12.8. The average molecular weight is 413 g/mol. The molecule has 1 aliphatic rings. The third kappa shape index (κ3) is 4.00. The van der Waals surface area contributed by atoms with Crippen LogP contribution in [0.1, 0.15) is 54.7 Å². The van der Waals surface area contributed by atoms with Gasteiger partial charge in [0.1, 0.15) is 0 Å². The molecule has 0 unspecified atom stereocenters. The minimum absolute atomic E-state index is 0.230. The van der Waals surface area contributed by atoms with Crippen LogP contribution < -0.4 is 5.32 Å². The summed E-state index contributed by atoms with van der Waals surface area (Å²) in [4.78, 5) is 49.7. The first kappa shape index (κ1) is 20.2. The Morgan fingerprint density at radius 1 is 0.806 bits per heavy atom. The minimum Gasteiger partial charge on any atom is -0.452 e. The highest BCUT2D eigenvalue weighted by Crippen LogP contribution is 2.29. The molecule has 6 heteroatoms.